The monoisotopic (exact) mass is 327 g/mol. The number of nitrogens with one attached hydrogen (secondary N) is 2. The van der Waals surface area contributed by atoms with Crippen LogP contribution in [0.2, 0.25) is 0 Å². The summed E-state index contributed by atoms with van der Waals surface area (Å²) < 4.78 is 5.04. The van der Waals surface area contributed by atoms with Crippen molar-refractivity contribution in [2.24, 2.45) is 0 Å². The number of nitrogens with zero attached hydrogens (tertiary/aromatic N) is 1. The van der Waals surface area contributed by atoms with E-state index in [4.69, 9.17) is 4.74 Å². The molecule has 24 heavy (non-hydrogen) atoms. The number of benzene rings is 1. The van der Waals surface area contributed by atoms with E-state index in [2.05, 4.69) is 15.8 Å². The van der Waals surface area contributed by atoms with E-state index >= 15 is 0 Å². The maximum absolute atomic E-state index is 12.2. The van der Waals surface area contributed by atoms with E-state index in [1.165, 1.54) is 0 Å². The SMILES string of the molecule is COc1ccc(C(=O)NNC(=O)c2ccnc(C(C)(C)C)c2)cc1. The number of hydrogen-bond donors (Lipinski definition) is 2. The predicted octanol–water partition coefficient (Wildman–Crippen LogP) is 2.46. The van der Waals surface area contributed by atoms with Crippen LogP contribution < -0.4 is 15.6 Å². The number of hydrogen-bond acceptors (Lipinski definition) is 4. The summed E-state index contributed by atoms with van der Waals surface area (Å²) in [4.78, 5) is 28.5. The Bertz CT molecular complexity index is 734. The summed E-state index contributed by atoms with van der Waals surface area (Å²) in [6, 6.07) is 9.90. The number of carbonyl (C=O) groups is 2. The minimum Gasteiger partial charge on any atom is -0.497 e. The van der Waals surface area contributed by atoms with Crippen molar-refractivity contribution in [3.8, 4) is 5.75 Å². The van der Waals surface area contributed by atoms with Gasteiger partial charge in [-0.2, -0.15) is 0 Å². The summed E-state index contributed by atoms with van der Waals surface area (Å²) >= 11 is 0. The van der Waals surface area contributed by atoms with Gasteiger partial charge in [0.15, 0.2) is 0 Å². The Morgan fingerprint density at radius 3 is 2.08 bits per heavy atom. The highest BCUT2D eigenvalue weighted by molar-refractivity contribution is 5.99. The molecule has 0 atom stereocenters. The van der Waals surface area contributed by atoms with Crippen molar-refractivity contribution in [3.05, 3.63) is 59.4 Å². The zero-order valence-electron chi connectivity index (χ0n) is 14.2. The number of hydrazine groups is 1. The number of methoxy groups -OCH3 is 1. The molecular formula is C18H21N3O3. The smallest absolute Gasteiger partial charge is 0.269 e. The summed E-state index contributed by atoms with van der Waals surface area (Å²) in [5.41, 5.74) is 6.29. The highest BCUT2D eigenvalue weighted by Crippen LogP contribution is 2.20. The second-order valence-corrected chi connectivity index (χ2v) is 6.32. The number of pyridine rings is 1. The molecule has 6 nitrogen and oxygen atoms in total. The van der Waals surface area contributed by atoms with Gasteiger partial charge < -0.3 is 4.74 Å². The van der Waals surface area contributed by atoms with Crippen LogP contribution in [-0.4, -0.2) is 23.9 Å². The van der Waals surface area contributed by atoms with E-state index in [0.29, 0.717) is 16.9 Å². The third-order valence-electron chi connectivity index (χ3n) is 3.43. The molecule has 0 unspecified atom stereocenters. The van der Waals surface area contributed by atoms with Crippen LogP contribution in [0.3, 0.4) is 0 Å². The molecule has 2 amide bonds. The number of aromatic nitrogens is 1. The largest absolute Gasteiger partial charge is 0.497 e. The topological polar surface area (TPSA) is 80.3 Å². The minimum atomic E-state index is -0.406. The van der Waals surface area contributed by atoms with Crippen molar-refractivity contribution in [1.29, 1.82) is 0 Å². The van der Waals surface area contributed by atoms with Crippen molar-refractivity contribution < 1.29 is 14.3 Å². The Hall–Kier alpha value is -2.89. The third kappa shape index (κ3) is 4.32. The molecule has 0 aliphatic rings. The molecule has 1 aromatic carbocycles. The lowest BCUT2D eigenvalue weighted by Crippen LogP contribution is -2.41. The van der Waals surface area contributed by atoms with Crippen molar-refractivity contribution >= 4 is 11.8 Å². The molecule has 0 aliphatic heterocycles. The molecule has 0 bridgehead atoms. The molecule has 126 valence electrons. The van der Waals surface area contributed by atoms with E-state index in [9.17, 15) is 9.59 Å². The van der Waals surface area contributed by atoms with Gasteiger partial charge >= 0.3 is 0 Å². The highest BCUT2D eigenvalue weighted by atomic mass is 16.5. The average Bonchev–Trinajstić information content (AvgIpc) is 2.58. The van der Waals surface area contributed by atoms with Gasteiger partial charge in [0.25, 0.3) is 11.8 Å². The van der Waals surface area contributed by atoms with E-state index < -0.39 is 11.8 Å². The number of amides is 2. The number of carbonyl (C=O) groups excluding carboxylic acids is 2. The number of rotatable bonds is 3. The number of ether oxygens (including phenoxy) is 1. The maximum Gasteiger partial charge on any atom is 0.269 e. The van der Waals surface area contributed by atoms with Crippen LogP contribution >= 0.6 is 0 Å². The maximum atomic E-state index is 12.2. The minimum absolute atomic E-state index is 0.164. The van der Waals surface area contributed by atoms with Crippen LogP contribution in [0.15, 0.2) is 42.6 Å². The molecule has 2 aromatic rings. The van der Waals surface area contributed by atoms with Gasteiger partial charge in [0, 0.05) is 28.4 Å². The van der Waals surface area contributed by atoms with Gasteiger partial charge in [0.1, 0.15) is 5.75 Å². The highest BCUT2D eigenvalue weighted by Gasteiger charge is 2.17. The van der Waals surface area contributed by atoms with Gasteiger partial charge in [-0.15, -0.1) is 0 Å². The Balaban J connectivity index is 2.01. The second-order valence-electron chi connectivity index (χ2n) is 6.32. The standard InChI is InChI=1S/C18H21N3O3/c1-18(2,3)15-11-13(9-10-19-15)17(23)21-20-16(22)12-5-7-14(24-4)8-6-12/h5-11H,1-4H3,(H,20,22)(H,21,23). The Morgan fingerprint density at radius 1 is 0.958 bits per heavy atom. The average molecular weight is 327 g/mol. The van der Waals surface area contributed by atoms with Crippen molar-refractivity contribution in [3.63, 3.8) is 0 Å². The van der Waals surface area contributed by atoms with Crippen LogP contribution in [0.5, 0.6) is 5.75 Å². The fourth-order valence-corrected chi connectivity index (χ4v) is 1.98. The summed E-state index contributed by atoms with van der Waals surface area (Å²) in [7, 11) is 1.55. The lowest BCUT2D eigenvalue weighted by molar-refractivity contribution is 0.0846. The van der Waals surface area contributed by atoms with Gasteiger partial charge in [-0.3, -0.25) is 25.4 Å². The van der Waals surface area contributed by atoms with Crippen LogP contribution in [-0.2, 0) is 5.41 Å². The Kier molecular flexibility index (Phi) is 5.18. The molecule has 0 radical (unpaired) electrons. The van der Waals surface area contributed by atoms with Crippen molar-refractivity contribution in [2.45, 2.75) is 26.2 Å². The van der Waals surface area contributed by atoms with Gasteiger partial charge in [0.05, 0.1) is 7.11 Å². The normalized spacial score (nSPS) is 10.8. The molecular weight excluding hydrogens is 306 g/mol. The van der Waals surface area contributed by atoms with E-state index in [-0.39, 0.29) is 5.41 Å². The fourth-order valence-electron chi connectivity index (χ4n) is 1.98. The lowest BCUT2D eigenvalue weighted by Gasteiger charge is -2.18. The summed E-state index contributed by atoms with van der Waals surface area (Å²) in [6.45, 7) is 6.05. The van der Waals surface area contributed by atoms with Crippen LogP contribution in [0.1, 0.15) is 47.2 Å². The first-order valence-electron chi connectivity index (χ1n) is 7.52. The lowest BCUT2D eigenvalue weighted by atomic mass is 9.91. The molecule has 2 N–H and O–H groups in total. The summed E-state index contributed by atoms with van der Waals surface area (Å²) in [5, 5.41) is 0. The van der Waals surface area contributed by atoms with Crippen LogP contribution in [0, 0.1) is 0 Å². The molecule has 1 aromatic heterocycles. The third-order valence-corrected chi connectivity index (χ3v) is 3.43. The Labute approximate surface area is 141 Å². The Morgan fingerprint density at radius 2 is 1.54 bits per heavy atom. The second kappa shape index (κ2) is 7.12. The molecule has 0 spiro atoms. The van der Waals surface area contributed by atoms with E-state index in [1.807, 2.05) is 20.8 Å². The zero-order valence-corrected chi connectivity index (χ0v) is 14.2. The molecule has 6 heteroatoms. The molecule has 2 rings (SSSR count). The molecule has 0 fully saturated rings. The first-order valence-corrected chi connectivity index (χ1v) is 7.52. The zero-order chi connectivity index (χ0) is 17.7. The predicted molar refractivity (Wildman–Crippen MR) is 90.9 cm³/mol. The van der Waals surface area contributed by atoms with Crippen molar-refractivity contribution in [2.75, 3.05) is 7.11 Å². The summed E-state index contributed by atoms with van der Waals surface area (Å²) in [6.07, 6.45) is 1.58. The van der Waals surface area contributed by atoms with Gasteiger partial charge in [-0.05, 0) is 36.4 Å². The molecule has 0 saturated heterocycles. The molecule has 0 saturated carbocycles. The van der Waals surface area contributed by atoms with E-state index in [1.54, 1.807) is 49.7 Å². The summed E-state index contributed by atoms with van der Waals surface area (Å²) in [5.74, 6) is -0.150. The van der Waals surface area contributed by atoms with Gasteiger partial charge in [0.2, 0.25) is 0 Å². The van der Waals surface area contributed by atoms with Crippen molar-refractivity contribution in [1.82, 2.24) is 15.8 Å². The van der Waals surface area contributed by atoms with E-state index in [0.717, 1.165) is 5.69 Å². The molecule has 1 heterocycles. The van der Waals surface area contributed by atoms with Gasteiger partial charge in [-0.25, -0.2) is 0 Å². The quantitative estimate of drug-likeness (QED) is 0.849. The van der Waals surface area contributed by atoms with Gasteiger partial charge in [-0.1, -0.05) is 20.8 Å². The van der Waals surface area contributed by atoms with Crippen LogP contribution in [0.25, 0.3) is 0 Å². The first-order chi connectivity index (χ1) is 11.3. The first kappa shape index (κ1) is 17.5. The fraction of sp³-hybridized carbons (Fsp3) is 0.278. The van der Waals surface area contributed by atoms with Crippen LogP contribution in [0.4, 0.5) is 0 Å². The molecule has 0 aliphatic carbocycles.